The summed E-state index contributed by atoms with van der Waals surface area (Å²) < 4.78 is 5.67. The lowest BCUT2D eigenvalue weighted by molar-refractivity contribution is -0.122. The van der Waals surface area contributed by atoms with Gasteiger partial charge in [-0.25, -0.2) is 0 Å². The van der Waals surface area contributed by atoms with Gasteiger partial charge in [0.15, 0.2) is 11.5 Å². The van der Waals surface area contributed by atoms with Crippen molar-refractivity contribution in [3.05, 3.63) is 38.8 Å². The molecular weight excluding hydrogens is 405 g/mol. The van der Waals surface area contributed by atoms with Crippen LogP contribution in [0.3, 0.4) is 0 Å². The van der Waals surface area contributed by atoms with Gasteiger partial charge >= 0.3 is 0 Å². The molecule has 5 nitrogen and oxygen atoms in total. The minimum Gasteiger partial charge on any atom is -0.504 e. The number of aromatic hydroxyl groups is 1. The number of methoxy groups -OCH3 is 1. The number of hydrogen-bond donors (Lipinski definition) is 1. The van der Waals surface area contributed by atoms with E-state index in [4.69, 9.17) is 4.74 Å². The molecule has 110 valence electrons. The fraction of sp³-hybridized carbons (Fsp3) is 0.143. The summed E-state index contributed by atoms with van der Waals surface area (Å²) in [6.07, 6.45) is 3.12. The highest BCUT2D eigenvalue weighted by Crippen LogP contribution is 2.36. The van der Waals surface area contributed by atoms with Crippen molar-refractivity contribution in [1.82, 2.24) is 4.90 Å². The number of halogens is 1. The van der Waals surface area contributed by atoms with Crippen molar-refractivity contribution in [1.29, 1.82) is 0 Å². The van der Waals surface area contributed by atoms with Gasteiger partial charge in [0.05, 0.1) is 15.6 Å². The maximum atomic E-state index is 12.1. The number of imide groups is 1. The second-order valence-corrected chi connectivity index (χ2v) is 6.29. The lowest BCUT2D eigenvalue weighted by atomic mass is 10.2. The first-order valence-corrected chi connectivity index (χ1v) is 7.80. The van der Waals surface area contributed by atoms with Gasteiger partial charge in [-0.05, 0) is 58.1 Å². The first kappa shape index (κ1) is 15.9. The van der Waals surface area contributed by atoms with Gasteiger partial charge in [0.25, 0.3) is 11.1 Å². The quantitative estimate of drug-likeness (QED) is 0.463. The van der Waals surface area contributed by atoms with Gasteiger partial charge in [0.2, 0.25) is 0 Å². The smallest absolute Gasteiger partial charge is 0.293 e. The Kier molecular flexibility index (Phi) is 4.94. The number of amides is 2. The summed E-state index contributed by atoms with van der Waals surface area (Å²) in [5, 5.41) is 9.48. The number of ether oxygens (including phenoxy) is 1. The Morgan fingerprint density at radius 1 is 1.48 bits per heavy atom. The summed E-state index contributed by atoms with van der Waals surface area (Å²) in [6.45, 7) is 3.72. The van der Waals surface area contributed by atoms with Gasteiger partial charge in [-0.2, -0.15) is 0 Å². The van der Waals surface area contributed by atoms with Crippen LogP contribution in [0.15, 0.2) is 29.7 Å². The summed E-state index contributed by atoms with van der Waals surface area (Å²) in [6, 6.07) is 3.32. The van der Waals surface area contributed by atoms with E-state index in [1.54, 1.807) is 18.2 Å². The monoisotopic (exact) mass is 417 g/mol. The van der Waals surface area contributed by atoms with Crippen molar-refractivity contribution in [3.8, 4) is 11.5 Å². The fourth-order valence-corrected chi connectivity index (χ4v) is 3.24. The largest absolute Gasteiger partial charge is 0.504 e. The van der Waals surface area contributed by atoms with E-state index in [-0.39, 0.29) is 23.4 Å². The highest BCUT2D eigenvalue weighted by molar-refractivity contribution is 14.1. The van der Waals surface area contributed by atoms with Gasteiger partial charge in [-0.15, -0.1) is 6.58 Å². The van der Waals surface area contributed by atoms with Crippen LogP contribution in [0, 0.1) is 3.57 Å². The molecule has 0 aliphatic carbocycles. The highest BCUT2D eigenvalue weighted by atomic mass is 127. The van der Waals surface area contributed by atoms with Crippen molar-refractivity contribution in [2.45, 2.75) is 0 Å². The molecule has 0 atom stereocenters. The number of benzene rings is 1. The topological polar surface area (TPSA) is 66.8 Å². The first-order chi connectivity index (χ1) is 9.97. The van der Waals surface area contributed by atoms with E-state index in [1.165, 1.54) is 13.2 Å². The molecule has 2 amide bonds. The van der Waals surface area contributed by atoms with Crippen molar-refractivity contribution in [2.24, 2.45) is 0 Å². The molecule has 21 heavy (non-hydrogen) atoms. The Morgan fingerprint density at radius 3 is 2.81 bits per heavy atom. The molecule has 7 heteroatoms. The van der Waals surface area contributed by atoms with E-state index in [1.807, 2.05) is 22.6 Å². The van der Waals surface area contributed by atoms with E-state index < -0.39 is 0 Å². The van der Waals surface area contributed by atoms with Gasteiger partial charge < -0.3 is 9.84 Å². The van der Waals surface area contributed by atoms with Gasteiger partial charge in [0.1, 0.15) is 0 Å². The van der Waals surface area contributed by atoms with Gasteiger partial charge in [-0.1, -0.05) is 6.08 Å². The van der Waals surface area contributed by atoms with Crippen molar-refractivity contribution < 1.29 is 19.4 Å². The maximum Gasteiger partial charge on any atom is 0.293 e. The zero-order valence-corrected chi connectivity index (χ0v) is 14.1. The lowest BCUT2D eigenvalue weighted by Crippen LogP contribution is -2.27. The number of phenols is 1. The SMILES string of the molecule is C=CCN1C(=O)SC(=Cc2cc(I)c(O)c(OC)c2)C1=O. The van der Waals surface area contributed by atoms with Crippen LogP contribution in [-0.4, -0.2) is 34.8 Å². The van der Waals surface area contributed by atoms with Crippen molar-refractivity contribution in [2.75, 3.05) is 13.7 Å². The summed E-state index contributed by atoms with van der Waals surface area (Å²) >= 11 is 2.86. The van der Waals surface area contributed by atoms with Crippen LogP contribution in [-0.2, 0) is 4.79 Å². The van der Waals surface area contributed by atoms with E-state index in [0.717, 1.165) is 16.7 Å². The number of hydrogen-bond acceptors (Lipinski definition) is 5. The molecule has 0 bridgehead atoms. The second kappa shape index (κ2) is 6.52. The highest BCUT2D eigenvalue weighted by Gasteiger charge is 2.34. The van der Waals surface area contributed by atoms with Gasteiger partial charge in [0, 0.05) is 6.54 Å². The summed E-state index contributed by atoms with van der Waals surface area (Å²) in [5.41, 5.74) is 0.679. The molecule has 0 aromatic heterocycles. The molecule has 0 unspecified atom stereocenters. The number of thioether (sulfide) groups is 1. The Hall–Kier alpha value is -1.48. The molecule has 1 saturated heterocycles. The number of rotatable bonds is 4. The molecular formula is C14H12INO4S. The summed E-state index contributed by atoms with van der Waals surface area (Å²) in [5.74, 6) is 0.0282. The minimum atomic E-state index is -0.341. The van der Waals surface area contributed by atoms with Crippen LogP contribution < -0.4 is 4.74 Å². The molecule has 1 heterocycles. The lowest BCUT2D eigenvalue weighted by Gasteiger charge is -2.08. The zero-order valence-electron chi connectivity index (χ0n) is 11.1. The molecule has 0 saturated carbocycles. The van der Waals surface area contributed by atoms with Crippen LogP contribution in [0.5, 0.6) is 11.5 Å². The standard InChI is InChI=1S/C14H12INO4S/c1-3-4-16-13(18)11(21-14(16)19)7-8-5-9(15)12(17)10(6-8)20-2/h3,5-7,17H,1,4H2,2H3. The predicted molar refractivity (Wildman–Crippen MR) is 90.2 cm³/mol. The Labute approximate surface area is 139 Å². The summed E-state index contributed by atoms with van der Waals surface area (Å²) in [7, 11) is 1.45. The normalized spacial score (nSPS) is 16.7. The van der Waals surface area contributed by atoms with Crippen molar-refractivity contribution in [3.63, 3.8) is 0 Å². The second-order valence-electron chi connectivity index (χ2n) is 4.13. The molecule has 1 aliphatic heterocycles. The third-order valence-electron chi connectivity index (χ3n) is 2.75. The third-order valence-corrected chi connectivity index (χ3v) is 4.48. The van der Waals surface area contributed by atoms with E-state index in [9.17, 15) is 14.7 Å². The van der Waals surface area contributed by atoms with E-state index in [2.05, 4.69) is 6.58 Å². The Balaban J connectivity index is 2.37. The van der Waals surface area contributed by atoms with E-state index in [0.29, 0.717) is 19.8 Å². The maximum absolute atomic E-state index is 12.1. The molecule has 1 aromatic rings. The molecule has 0 radical (unpaired) electrons. The number of carbonyl (C=O) groups excluding carboxylic acids is 2. The number of nitrogens with zero attached hydrogens (tertiary/aromatic N) is 1. The zero-order chi connectivity index (χ0) is 15.6. The van der Waals surface area contributed by atoms with Crippen LogP contribution in [0.2, 0.25) is 0 Å². The fourth-order valence-electron chi connectivity index (χ4n) is 1.77. The molecule has 1 aromatic carbocycles. The molecule has 1 fully saturated rings. The third kappa shape index (κ3) is 3.24. The molecule has 1 N–H and O–H groups in total. The molecule has 0 spiro atoms. The average Bonchev–Trinajstić information content (AvgIpc) is 2.70. The number of phenolic OH excluding ortho intramolecular Hbond substituents is 1. The summed E-state index contributed by atoms with van der Waals surface area (Å²) in [4.78, 5) is 25.3. The van der Waals surface area contributed by atoms with Crippen LogP contribution in [0.1, 0.15) is 5.56 Å². The Bertz CT molecular complexity index is 657. The van der Waals surface area contributed by atoms with Gasteiger partial charge in [-0.3, -0.25) is 14.5 Å². The Morgan fingerprint density at radius 2 is 2.19 bits per heavy atom. The van der Waals surface area contributed by atoms with Crippen LogP contribution in [0.4, 0.5) is 4.79 Å². The van der Waals surface area contributed by atoms with Crippen LogP contribution >= 0.6 is 34.4 Å². The molecule has 2 rings (SSSR count). The number of carbonyl (C=O) groups is 2. The average molecular weight is 417 g/mol. The van der Waals surface area contributed by atoms with Crippen LogP contribution in [0.25, 0.3) is 6.08 Å². The molecule has 1 aliphatic rings. The minimum absolute atomic E-state index is 0.0509. The van der Waals surface area contributed by atoms with E-state index >= 15 is 0 Å². The predicted octanol–water partition coefficient (Wildman–Crippen LogP) is 3.23. The van der Waals surface area contributed by atoms with Crippen molar-refractivity contribution >= 4 is 51.6 Å². The first-order valence-electron chi connectivity index (χ1n) is 5.90.